The van der Waals surface area contributed by atoms with Gasteiger partial charge in [0, 0.05) is 24.7 Å². The van der Waals surface area contributed by atoms with Crippen LogP contribution in [0.2, 0.25) is 0 Å². The molecule has 0 saturated heterocycles. The summed E-state index contributed by atoms with van der Waals surface area (Å²) in [6.45, 7) is -0.167. The molecule has 1 aliphatic heterocycles. The van der Waals surface area contributed by atoms with Gasteiger partial charge in [-0.2, -0.15) is 0 Å². The van der Waals surface area contributed by atoms with E-state index in [-0.39, 0.29) is 35.8 Å². The van der Waals surface area contributed by atoms with E-state index in [4.69, 9.17) is 4.74 Å². The fraction of sp³-hybridized carbons (Fsp3) is 0.250. The summed E-state index contributed by atoms with van der Waals surface area (Å²) in [4.78, 5) is 18.7. The highest BCUT2D eigenvalue weighted by atomic mass is 19.3. The Bertz CT molecular complexity index is 1190. The molecule has 34 heavy (non-hydrogen) atoms. The number of pyridine rings is 1. The van der Waals surface area contributed by atoms with E-state index >= 15 is 0 Å². The van der Waals surface area contributed by atoms with Gasteiger partial charge in [-0.15, -0.1) is 0 Å². The first-order chi connectivity index (χ1) is 16.3. The highest BCUT2D eigenvalue weighted by Crippen LogP contribution is 2.31. The number of nitrogens with one attached hydrogen (secondary N) is 1. The lowest BCUT2D eigenvalue weighted by molar-refractivity contribution is 0.00202. The summed E-state index contributed by atoms with van der Waals surface area (Å²) in [6, 6.07) is 12.4. The van der Waals surface area contributed by atoms with E-state index in [1.165, 1.54) is 11.0 Å². The van der Waals surface area contributed by atoms with Crippen molar-refractivity contribution < 1.29 is 32.2 Å². The number of nitrogens with zero attached hydrogens (tertiary/aromatic N) is 2. The molecule has 1 aromatic heterocycles. The highest BCUT2D eigenvalue weighted by Gasteiger charge is 2.31. The van der Waals surface area contributed by atoms with Crippen molar-refractivity contribution in [3.8, 4) is 11.5 Å². The van der Waals surface area contributed by atoms with Gasteiger partial charge in [0.25, 0.3) is 12.3 Å². The molecule has 178 valence electrons. The fourth-order valence-corrected chi connectivity index (χ4v) is 3.66. The first-order valence-corrected chi connectivity index (χ1v) is 10.5. The zero-order chi connectivity index (χ0) is 24.2. The maximum absolute atomic E-state index is 13.9. The van der Waals surface area contributed by atoms with Gasteiger partial charge in [-0.1, -0.05) is 12.1 Å². The molecular weight excluding hydrogens is 454 g/mol. The third-order valence-corrected chi connectivity index (χ3v) is 5.31. The zero-order valence-corrected chi connectivity index (χ0v) is 17.8. The Morgan fingerprint density at radius 2 is 1.94 bits per heavy atom. The molecule has 2 aromatic carbocycles. The predicted molar refractivity (Wildman–Crippen MR) is 115 cm³/mol. The summed E-state index contributed by atoms with van der Waals surface area (Å²) < 4.78 is 57.2. The molecule has 0 unspecified atom stereocenters. The topological polar surface area (TPSA) is 74.7 Å². The first kappa shape index (κ1) is 23.7. The molecule has 2 N–H and O–H groups in total. The number of hydrogen-bond acceptors (Lipinski definition) is 5. The standard InChI is InChI=1S/C24H21F4N3O3/c25-15-5-7-21(19(26)10-15)34-17-6-4-14-8-9-31(23(32)18(14)11-17)24(33)20-3-1-2-16(30-20)12-29-13-22(27)28/h1-7,10-11,22,24,29,33H,8-9,12-13H2/t24-/m1/s1. The Morgan fingerprint density at radius 3 is 2.71 bits per heavy atom. The van der Waals surface area contributed by atoms with Crippen molar-refractivity contribution in [1.82, 2.24) is 15.2 Å². The number of carbonyl (C=O) groups excluding carboxylic acids is 1. The lowest BCUT2D eigenvalue weighted by Gasteiger charge is -2.32. The third-order valence-electron chi connectivity index (χ3n) is 5.31. The molecular formula is C24H21F4N3O3. The van der Waals surface area contributed by atoms with Crippen LogP contribution in [0, 0.1) is 11.6 Å². The molecule has 3 aromatic rings. The van der Waals surface area contributed by atoms with E-state index in [2.05, 4.69) is 10.3 Å². The number of rotatable bonds is 8. The van der Waals surface area contributed by atoms with Crippen LogP contribution in [0.25, 0.3) is 0 Å². The number of hydrogen-bond donors (Lipinski definition) is 2. The van der Waals surface area contributed by atoms with E-state index in [9.17, 15) is 27.5 Å². The summed E-state index contributed by atoms with van der Waals surface area (Å²) in [7, 11) is 0. The van der Waals surface area contributed by atoms with Crippen molar-refractivity contribution in [2.45, 2.75) is 25.6 Å². The number of aliphatic hydroxyl groups excluding tert-OH is 1. The molecule has 0 saturated carbocycles. The molecule has 0 bridgehead atoms. The molecule has 1 aliphatic rings. The maximum Gasteiger partial charge on any atom is 0.256 e. The second-order valence-electron chi connectivity index (χ2n) is 7.69. The lowest BCUT2D eigenvalue weighted by Crippen LogP contribution is -2.40. The monoisotopic (exact) mass is 475 g/mol. The highest BCUT2D eigenvalue weighted by molar-refractivity contribution is 5.97. The molecule has 6 nitrogen and oxygen atoms in total. The van der Waals surface area contributed by atoms with Crippen molar-refractivity contribution in [3.63, 3.8) is 0 Å². The number of halogens is 4. The molecule has 10 heteroatoms. The number of benzene rings is 2. The quantitative estimate of drug-likeness (QED) is 0.478. The van der Waals surface area contributed by atoms with E-state index in [1.807, 2.05) is 0 Å². The van der Waals surface area contributed by atoms with Gasteiger partial charge in [0.05, 0.1) is 17.9 Å². The number of aliphatic hydroxyl groups is 1. The number of aromatic nitrogens is 1. The van der Waals surface area contributed by atoms with E-state index in [0.717, 1.165) is 17.7 Å². The van der Waals surface area contributed by atoms with Gasteiger partial charge in [-0.25, -0.2) is 17.6 Å². The van der Waals surface area contributed by atoms with Crippen LogP contribution in [-0.2, 0) is 13.0 Å². The average molecular weight is 475 g/mol. The van der Waals surface area contributed by atoms with Crippen molar-refractivity contribution in [1.29, 1.82) is 0 Å². The first-order valence-electron chi connectivity index (χ1n) is 10.5. The van der Waals surface area contributed by atoms with E-state index < -0.39 is 36.7 Å². The van der Waals surface area contributed by atoms with Crippen molar-refractivity contribution in [2.24, 2.45) is 0 Å². The van der Waals surface area contributed by atoms with Crippen molar-refractivity contribution >= 4 is 5.91 Å². The molecule has 2 heterocycles. The molecule has 0 aliphatic carbocycles. The fourth-order valence-electron chi connectivity index (χ4n) is 3.66. The Morgan fingerprint density at radius 1 is 1.12 bits per heavy atom. The zero-order valence-electron chi connectivity index (χ0n) is 17.8. The van der Waals surface area contributed by atoms with Gasteiger partial charge in [-0.05, 0) is 48.4 Å². The smallest absolute Gasteiger partial charge is 0.256 e. The SMILES string of the molecule is O=C1c2cc(Oc3ccc(F)cc3F)ccc2CCN1[C@H](O)c1cccc(CNCC(F)F)n1. The minimum atomic E-state index is -2.49. The molecule has 1 atom stereocenters. The van der Waals surface area contributed by atoms with Crippen LogP contribution in [0.5, 0.6) is 11.5 Å². The average Bonchev–Trinajstić information content (AvgIpc) is 2.81. The predicted octanol–water partition coefficient (Wildman–Crippen LogP) is 4.20. The molecule has 0 fully saturated rings. The summed E-state index contributed by atoms with van der Waals surface area (Å²) in [5.41, 5.74) is 1.66. The van der Waals surface area contributed by atoms with Crippen LogP contribution in [0.4, 0.5) is 17.6 Å². The van der Waals surface area contributed by atoms with Crippen LogP contribution in [0.1, 0.15) is 33.5 Å². The van der Waals surface area contributed by atoms with Crippen LogP contribution in [0.3, 0.4) is 0 Å². The lowest BCUT2D eigenvalue weighted by atomic mass is 9.98. The van der Waals surface area contributed by atoms with Gasteiger partial charge >= 0.3 is 0 Å². The van der Waals surface area contributed by atoms with E-state index in [0.29, 0.717) is 18.2 Å². The summed E-state index contributed by atoms with van der Waals surface area (Å²) in [6.07, 6.45) is -3.39. The Kier molecular flexibility index (Phi) is 7.09. The van der Waals surface area contributed by atoms with Gasteiger partial charge in [-0.3, -0.25) is 9.78 Å². The molecule has 0 radical (unpaired) electrons. The molecule has 4 rings (SSSR count). The summed E-state index contributed by atoms with van der Waals surface area (Å²) >= 11 is 0. The van der Waals surface area contributed by atoms with Crippen LogP contribution in [0.15, 0.2) is 54.6 Å². The van der Waals surface area contributed by atoms with Gasteiger partial charge < -0.3 is 20.1 Å². The van der Waals surface area contributed by atoms with Crippen LogP contribution < -0.4 is 10.1 Å². The number of alkyl halides is 2. The van der Waals surface area contributed by atoms with Crippen LogP contribution >= 0.6 is 0 Å². The Hall–Kier alpha value is -3.50. The maximum atomic E-state index is 13.9. The minimum Gasteiger partial charge on any atom is -0.454 e. The number of ether oxygens (including phenoxy) is 1. The van der Waals surface area contributed by atoms with Gasteiger partial charge in [0.1, 0.15) is 11.6 Å². The largest absolute Gasteiger partial charge is 0.454 e. The third kappa shape index (κ3) is 5.35. The number of fused-ring (bicyclic) bond motifs is 1. The number of carbonyl (C=O) groups is 1. The summed E-state index contributed by atoms with van der Waals surface area (Å²) in [5.74, 6) is -2.10. The Balaban J connectivity index is 1.51. The van der Waals surface area contributed by atoms with Crippen molar-refractivity contribution in [3.05, 3.63) is 88.7 Å². The molecule has 0 spiro atoms. The Labute approximate surface area is 192 Å². The summed E-state index contributed by atoms with van der Waals surface area (Å²) in [5, 5.41) is 13.4. The van der Waals surface area contributed by atoms with Gasteiger partial charge in [0.15, 0.2) is 17.8 Å². The van der Waals surface area contributed by atoms with Gasteiger partial charge in [0.2, 0.25) is 0 Å². The minimum absolute atomic E-state index is 0.0856. The van der Waals surface area contributed by atoms with Crippen molar-refractivity contribution in [2.75, 3.05) is 13.1 Å². The number of amides is 1. The second kappa shape index (κ2) is 10.2. The van der Waals surface area contributed by atoms with Crippen LogP contribution in [-0.4, -0.2) is 40.4 Å². The second-order valence-corrected chi connectivity index (χ2v) is 7.69. The normalized spacial score (nSPS) is 14.3. The molecule has 1 amide bonds. The van der Waals surface area contributed by atoms with E-state index in [1.54, 1.807) is 30.3 Å².